The van der Waals surface area contributed by atoms with Crippen molar-refractivity contribution in [2.24, 2.45) is 0 Å². The summed E-state index contributed by atoms with van der Waals surface area (Å²) < 4.78 is 0. The van der Waals surface area contributed by atoms with Gasteiger partial charge in [-0.2, -0.15) is 0 Å². The van der Waals surface area contributed by atoms with E-state index in [0.717, 1.165) is 5.39 Å². The zero-order chi connectivity index (χ0) is 13.6. The number of hydrogen-bond donors (Lipinski definition) is 1. The van der Waals surface area contributed by atoms with E-state index >= 15 is 0 Å². The summed E-state index contributed by atoms with van der Waals surface area (Å²) in [5.41, 5.74) is 0.195. The van der Waals surface area contributed by atoms with Gasteiger partial charge in [0.15, 0.2) is 0 Å². The average molecular weight is 291 g/mol. The Bertz CT molecular complexity index is 825. The Hall–Kier alpha value is -1.77. The van der Waals surface area contributed by atoms with E-state index < -0.39 is 5.97 Å². The quantitative estimate of drug-likeness (QED) is 0.641. The van der Waals surface area contributed by atoms with Gasteiger partial charge < -0.3 is 5.11 Å². The van der Waals surface area contributed by atoms with E-state index in [1.54, 1.807) is 24.3 Å². The lowest BCUT2D eigenvalue weighted by Crippen LogP contribution is -2.00. The van der Waals surface area contributed by atoms with Gasteiger partial charge in [-0.15, -0.1) is 0 Å². The van der Waals surface area contributed by atoms with Crippen molar-refractivity contribution in [3.8, 4) is 0 Å². The smallest absolute Gasteiger partial charge is 0.337 e. The van der Waals surface area contributed by atoms with E-state index in [1.807, 2.05) is 18.2 Å². The first-order chi connectivity index (χ1) is 9.09. The van der Waals surface area contributed by atoms with Crippen molar-refractivity contribution in [1.29, 1.82) is 0 Å². The van der Waals surface area contributed by atoms with Gasteiger partial charge in [0.05, 0.1) is 5.56 Å². The molecule has 0 atom stereocenters. The maximum Gasteiger partial charge on any atom is 0.337 e. The number of carboxylic acid groups (broad SMARTS) is 1. The van der Waals surface area contributed by atoms with Gasteiger partial charge in [0, 0.05) is 20.8 Å². The van der Waals surface area contributed by atoms with Crippen LogP contribution in [0.1, 0.15) is 10.4 Å². The van der Waals surface area contributed by atoms with E-state index in [0.29, 0.717) is 26.2 Å². The van der Waals surface area contributed by atoms with Crippen LogP contribution in [0.5, 0.6) is 0 Å². The molecule has 3 aromatic rings. The van der Waals surface area contributed by atoms with Gasteiger partial charge in [0.25, 0.3) is 0 Å². The lowest BCUT2D eigenvalue weighted by molar-refractivity contribution is 0.0701. The lowest BCUT2D eigenvalue weighted by atomic mass is 9.97. The molecule has 0 aliphatic heterocycles. The summed E-state index contributed by atoms with van der Waals surface area (Å²) in [6.45, 7) is 0. The molecule has 0 radical (unpaired) electrons. The van der Waals surface area contributed by atoms with Crippen LogP contribution in [0.2, 0.25) is 10.0 Å². The SMILES string of the molecule is O=C(O)c1c2ccccc2cc2c(Cl)ccc(Cl)c12. The molecule has 0 unspecified atom stereocenters. The number of aromatic carboxylic acids is 1. The number of benzene rings is 3. The number of rotatable bonds is 1. The largest absolute Gasteiger partial charge is 0.478 e. The van der Waals surface area contributed by atoms with Crippen LogP contribution >= 0.6 is 23.2 Å². The summed E-state index contributed by atoms with van der Waals surface area (Å²) in [7, 11) is 0. The summed E-state index contributed by atoms with van der Waals surface area (Å²) in [4.78, 5) is 11.6. The van der Waals surface area contributed by atoms with Crippen LogP contribution in [0.4, 0.5) is 0 Å². The van der Waals surface area contributed by atoms with E-state index in [2.05, 4.69) is 0 Å². The van der Waals surface area contributed by atoms with Crippen LogP contribution in [-0.2, 0) is 0 Å². The zero-order valence-corrected chi connectivity index (χ0v) is 11.2. The second-order valence-electron chi connectivity index (χ2n) is 4.23. The number of carbonyl (C=O) groups is 1. The van der Waals surface area contributed by atoms with Crippen LogP contribution < -0.4 is 0 Å². The second kappa shape index (κ2) is 4.41. The molecule has 1 N–H and O–H groups in total. The summed E-state index contributed by atoms with van der Waals surface area (Å²) in [5, 5.41) is 13.0. The van der Waals surface area contributed by atoms with Gasteiger partial charge in [0.1, 0.15) is 0 Å². The molecule has 3 rings (SSSR count). The van der Waals surface area contributed by atoms with Gasteiger partial charge in [-0.05, 0) is 29.0 Å². The number of carboxylic acids is 1. The highest BCUT2D eigenvalue weighted by Gasteiger charge is 2.17. The number of fused-ring (bicyclic) bond motifs is 2. The summed E-state index contributed by atoms with van der Waals surface area (Å²) in [6, 6.07) is 12.5. The van der Waals surface area contributed by atoms with Gasteiger partial charge in [0.2, 0.25) is 0 Å². The minimum absolute atomic E-state index is 0.195. The maximum atomic E-state index is 11.6. The van der Waals surface area contributed by atoms with Crippen LogP contribution in [0.15, 0.2) is 42.5 Å². The Balaban J connectivity index is 2.67. The fourth-order valence-electron chi connectivity index (χ4n) is 2.33. The molecule has 3 aromatic carbocycles. The third-order valence-corrected chi connectivity index (χ3v) is 3.78. The second-order valence-corrected chi connectivity index (χ2v) is 5.04. The molecule has 2 nitrogen and oxygen atoms in total. The molecular weight excluding hydrogens is 283 g/mol. The van der Waals surface area contributed by atoms with Crippen LogP contribution in [-0.4, -0.2) is 11.1 Å². The third-order valence-electron chi connectivity index (χ3n) is 3.14. The molecule has 0 saturated heterocycles. The zero-order valence-electron chi connectivity index (χ0n) is 9.65. The van der Waals surface area contributed by atoms with Crippen molar-refractivity contribution in [3.63, 3.8) is 0 Å². The van der Waals surface area contributed by atoms with Crippen molar-refractivity contribution in [1.82, 2.24) is 0 Å². The molecule has 0 spiro atoms. The Morgan fingerprint density at radius 3 is 2.37 bits per heavy atom. The predicted octanol–water partition coefficient (Wildman–Crippen LogP) is 5.00. The Kier molecular flexibility index (Phi) is 2.85. The Morgan fingerprint density at radius 2 is 1.63 bits per heavy atom. The van der Waals surface area contributed by atoms with Crippen molar-refractivity contribution in [2.45, 2.75) is 0 Å². The molecule has 0 aliphatic rings. The van der Waals surface area contributed by atoms with Gasteiger partial charge in [-0.25, -0.2) is 4.79 Å². The Labute approximate surface area is 119 Å². The van der Waals surface area contributed by atoms with Crippen LogP contribution in [0.25, 0.3) is 21.5 Å². The normalized spacial score (nSPS) is 11.1. The minimum atomic E-state index is -1.01. The van der Waals surface area contributed by atoms with E-state index in [-0.39, 0.29) is 5.56 Å². The molecule has 4 heteroatoms. The first kappa shape index (κ1) is 12.3. The molecule has 0 saturated carbocycles. The first-order valence-corrected chi connectivity index (χ1v) is 6.38. The molecular formula is C15H8Cl2O2. The van der Waals surface area contributed by atoms with Crippen molar-refractivity contribution >= 4 is 50.7 Å². The van der Waals surface area contributed by atoms with Crippen LogP contribution in [0.3, 0.4) is 0 Å². The van der Waals surface area contributed by atoms with Crippen molar-refractivity contribution in [2.75, 3.05) is 0 Å². The molecule has 0 amide bonds. The average Bonchev–Trinajstić information content (AvgIpc) is 2.40. The van der Waals surface area contributed by atoms with Gasteiger partial charge in [-0.3, -0.25) is 0 Å². The summed E-state index contributed by atoms with van der Waals surface area (Å²) in [6.07, 6.45) is 0. The van der Waals surface area contributed by atoms with E-state index in [1.165, 1.54) is 0 Å². The highest BCUT2D eigenvalue weighted by atomic mass is 35.5. The number of hydrogen-bond acceptors (Lipinski definition) is 1. The molecule has 0 aliphatic carbocycles. The first-order valence-electron chi connectivity index (χ1n) is 5.62. The summed E-state index contributed by atoms with van der Waals surface area (Å²) in [5.74, 6) is -1.01. The standard InChI is InChI=1S/C15H8Cl2O2/c16-11-5-6-12(17)13-10(11)7-8-3-1-2-4-9(8)14(13)15(18)19/h1-7H,(H,18,19). The highest BCUT2D eigenvalue weighted by Crippen LogP contribution is 2.36. The fourth-order valence-corrected chi connectivity index (χ4v) is 2.80. The van der Waals surface area contributed by atoms with E-state index in [9.17, 15) is 9.90 Å². The topological polar surface area (TPSA) is 37.3 Å². The monoisotopic (exact) mass is 290 g/mol. The van der Waals surface area contributed by atoms with Gasteiger partial charge in [-0.1, -0.05) is 47.5 Å². The molecule has 0 heterocycles. The molecule has 0 fully saturated rings. The van der Waals surface area contributed by atoms with Crippen LogP contribution in [0, 0.1) is 0 Å². The van der Waals surface area contributed by atoms with E-state index in [4.69, 9.17) is 23.2 Å². The minimum Gasteiger partial charge on any atom is -0.478 e. The fraction of sp³-hybridized carbons (Fsp3) is 0. The summed E-state index contributed by atoms with van der Waals surface area (Å²) >= 11 is 12.3. The molecule has 19 heavy (non-hydrogen) atoms. The highest BCUT2D eigenvalue weighted by molar-refractivity contribution is 6.42. The Morgan fingerprint density at radius 1 is 0.947 bits per heavy atom. The van der Waals surface area contributed by atoms with Crippen molar-refractivity contribution < 1.29 is 9.90 Å². The molecule has 0 bridgehead atoms. The number of halogens is 2. The maximum absolute atomic E-state index is 11.6. The lowest BCUT2D eigenvalue weighted by Gasteiger charge is -2.10. The molecule has 0 aromatic heterocycles. The van der Waals surface area contributed by atoms with Crippen molar-refractivity contribution in [3.05, 3.63) is 58.1 Å². The molecule has 94 valence electrons. The third kappa shape index (κ3) is 1.84. The van der Waals surface area contributed by atoms with Gasteiger partial charge >= 0.3 is 5.97 Å². The predicted molar refractivity (Wildman–Crippen MR) is 78.4 cm³/mol.